The van der Waals surface area contributed by atoms with Gasteiger partial charge in [0.15, 0.2) is 25.2 Å². The molecule has 11 heteroatoms. The summed E-state index contributed by atoms with van der Waals surface area (Å²) in [7, 11) is 0. The van der Waals surface area contributed by atoms with Crippen molar-refractivity contribution in [2.45, 2.75) is 87.2 Å². The third-order valence-corrected chi connectivity index (χ3v) is 10.3. The summed E-state index contributed by atoms with van der Waals surface area (Å²) in [5.74, 6) is 2.61. The molecule has 11 nitrogen and oxygen atoms in total. The molecule has 4 aliphatic heterocycles. The van der Waals surface area contributed by atoms with Crippen molar-refractivity contribution in [1.82, 2.24) is 0 Å². The highest BCUT2D eigenvalue weighted by molar-refractivity contribution is 5.19. The second kappa shape index (κ2) is 19.5. The molecule has 8 rings (SSSR count). The number of ether oxygens (including phenoxy) is 11. The molecule has 12 atom stereocenters. The maximum atomic E-state index is 7.05. The lowest BCUT2D eigenvalue weighted by Gasteiger charge is -2.52. The SMILES string of the molecule is C#CCO[C@@H]1[C@H](O[C@@H]2[C@@H](OCC=C)O[C@@H]3CO[C@@H](c4ccccc4)O[C@H]3[C@@H]2OCc2ccccc2)O[C@@H]2CO[C@@H](c3ccccc3)O[C@H]2[C@@H]1OCc1ccccc1. The minimum atomic E-state index is -1.06. The molecular weight excluding hydrogens is 728 g/mol. The maximum Gasteiger partial charge on any atom is 0.187 e. The highest BCUT2D eigenvalue weighted by atomic mass is 16.8. The third-order valence-electron chi connectivity index (χ3n) is 10.3. The molecule has 0 spiro atoms. The van der Waals surface area contributed by atoms with Crippen molar-refractivity contribution < 1.29 is 52.1 Å². The molecule has 4 aliphatic rings. The fourth-order valence-electron chi connectivity index (χ4n) is 7.59. The molecule has 4 heterocycles. The van der Waals surface area contributed by atoms with Gasteiger partial charge in [-0.3, -0.25) is 0 Å². The van der Waals surface area contributed by atoms with Crippen LogP contribution in [-0.2, 0) is 65.3 Å². The summed E-state index contributed by atoms with van der Waals surface area (Å²) in [4.78, 5) is 0. The van der Waals surface area contributed by atoms with E-state index in [1.807, 2.05) is 121 Å². The van der Waals surface area contributed by atoms with Gasteiger partial charge in [-0.25, -0.2) is 0 Å². The average Bonchev–Trinajstić information content (AvgIpc) is 3.27. The standard InChI is InChI=1S/C46H48O11/c1-3-25-47-41-39(49-27-31-17-9-5-10-18-31)37-36(30-52-43(55-37)33-21-13-7-14-22-33)54-46(41)57-42-40(50-28-32-19-11-6-12-20-32)38-35(53-45(42)48-26-4-2)29-51-44(56-38)34-23-15-8-16-24-34/h1,4-24,35-46H,2,25-30H2/t35-,36-,37-,38-,39+,40+,41+,42+,43-,44-,45+,46+/m1/s1. The smallest absolute Gasteiger partial charge is 0.187 e. The van der Waals surface area contributed by atoms with Crippen molar-refractivity contribution in [2.24, 2.45) is 0 Å². The lowest BCUT2D eigenvalue weighted by atomic mass is 9.95. The van der Waals surface area contributed by atoms with Gasteiger partial charge in [0.05, 0.1) is 33.0 Å². The molecule has 0 N–H and O–H groups in total. The lowest BCUT2D eigenvalue weighted by Crippen LogP contribution is -2.68. The zero-order valence-corrected chi connectivity index (χ0v) is 31.6. The van der Waals surface area contributed by atoms with Crippen molar-refractivity contribution in [3.05, 3.63) is 156 Å². The van der Waals surface area contributed by atoms with Crippen LogP contribution in [-0.4, -0.2) is 87.8 Å². The van der Waals surface area contributed by atoms with E-state index < -0.39 is 74.0 Å². The monoisotopic (exact) mass is 776 g/mol. The first-order chi connectivity index (χ1) is 28.2. The first-order valence-electron chi connectivity index (χ1n) is 19.4. The van der Waals surface area contributed by atoms with Gasteiger partial charge in [-0.05, 0) is 11.1 Å². The van der Waals surface area contributed by atoms with E-state index in [0.29, 0.717) is 0 Å². The average molecular weight is 777 g/mol. The van der Waals surface area contributed by atoms with Crippen LogP contribution in [0.3, 0.4) is 0 Å². The molecule has 4 aromatic carbocycles. The van der Waals surface area contributed by atoms with Gasteiger partial charge in [0.25, 0.3) is 0 Å². The molecular formula is C46H48O11. The summed E-state index contributed by atoms with van der Waals surface area (Å²) >= 11 is 0. The highest BCUT2D eigenvalue weighted by Gasteiger charge is 2.57. The number of fused-ring (bicyclic) bond motifs is 2. The van der Waals surface area contributed by atoms with Crippen LogP contribution in [0.5, 0.6) is 0 Å². The molecule has 57 heavy (non-hydrogen) atoms. The van der Waals surface area contributed by atoms with Gasteiger partial charge < -0.3 is 52.1 Å². The van der Waals surface area contributed by atoms with Gasteiger partial charge in [-0.1, -0.05) is 133 Å². The predicted molar refractivity (Wildman–Crippen MR) is 207 cm³/mol. The molecule has 4 saturated heterocycles. The van der Waals surface area contributed by atoms with Gasteiger partial charge in [0.1, 0.15) is 55.4 Å². The van der Waals surface area contributed by atoms with Crippen LogP contribution in [0, 0.1) is 12.3 Å². The number of hydrogen-bond acceptors (Lipinski definition) is 11. The quantitative estimate of drug-likeness (QED) is 0.0985. The Morgan fingerprint density at radius 3 is 1.53 bits per heavy atom. The second-order valence-electron chi connectivity index (χ2n) is 14.2. The minimum Gasteiger partial charge on any atom is -0.368 e. The van der Waals surface area contributed by atoms with Crippen LogP contribution in [0.25, 0.3) is 0 Å². The van der Waals surface area contributed by atoms with Crippen LogP contribution >= 0.6 is 0 Å². The number of rotatable bonds is 15. The second-order valence-corrected chi connectivity index (χ2v) is 14.2. The molecule has 4 aromatic rings. The Balaban J connectivity index is 1.12. The molecule has 0 aliphatic carbocycles. The van der Waals surface area contributed by atoms with E-state index in [2.05, 4.69) is 12.5 Å². The number of hydrogen-bond donors (Lipinski definition) is 0. The maximum absolute atomic E-state index is 7.05. The summed E-state index contributed by atoms with van der Waals surface area (Å²) < 4.78 is 72.5. The Labute approximate surface area is 333 Å². The summed E-state index contributed by atoms with van der Waals surface area (Å²) in [6, 6.07) is 39.3. The highest BCUT2D eigenvalue weighted by Crippen LogP contribution is 2.41. The molecule has 298 valence electrons. The van der Waals surface area contributed by atoms with E-state index in [-0.39, 0.29) is 39.6 Å². The fourth-order valence-corrected chi connectivity index (χ4v) is 7.59. The molecule has 0 radical (unpaired) electrons. The third kappa shape index (κ3) is 9.56. The van der Waals surface area contributed by atoms with Crippen LogP contribution in [0.1, 0.15) is 34.8 Å². The molecule has 0 saturated carbocycles. The normalized spacial score (nSPS) is 32.3. The van der Waals surface area contributed by atoms with E-state index in [0.717, 1.165) is 22.3 Å². The van der Waals surface area contributed by atoms with Gasteiger partial charge in [-0.15, -0.1) is 13.0 Å². The van der Waals surface area contributed by atoms with Crippen LogP contribution in [0.15, 0.2) is 134 Å². The Morgan fingerprint density at radius 2 is 1.04 bits per heavy atom. The first-order valence-corrected chi connectivity index (χ1v) is 19.4. The summed E-state index contributed by atoms with van der Waals surface area (Å²) in [6.07, 6.45) is -1.42. The van der Waals surface area contributed by atoms with Crippen LogP contribution < -0.4 is 0 Å². The zero-order chi connectivity index (χ0) is 38.8. The molecule has 0 unspecified atom stereocenters. The van der Waals surface area contributed by atoms with Gasteiger partial charge >= 0.3 is 0 Å². The number of terminal acetylenes is 1. The van der Waals surface area contributed by atoms with Crippen molar-refractivity contribution in [2.75, 3.05) is 26.4 Å². The summed E-state index contributed by atoms with van der Waals surface area (Å²) in [6.45, 7) is 4.99. The Hall–Kier alpha value is -4.26. The largest absolute Gasteiger partial charge is 0.368 e. The van der Waals surface area contributed by atoms with E-state index >= 15 is 0 Å². The van der Waals surface area contributed by atoms with Gasteiger partial charge in [-0.2, -0.15) is 0 Å². The Bertz CT molecular complexity index is 1860. The zero-order valence-electron chi connectivity index (χ0n) is 31.6. The Kier molecular flexibility index (Phi) is 13.5. The fraction of sp³-hybridized carbons (Fsp3) is 0.391. The summed E-state index contributed by atoms with van der Waals surface area (Å²) in [5, 5.41) is 0. The lowest BCUT2D eigenvalue weighted by molar-refractivity contribution is -0.411. The molecule has 0 bridgehead atoms. The molecule has 0 aromatic heterocycles. The van der Waals surface area contributed by atoms with E-state index in [4.69, 9.17) is 58.5 Å². The van der Waals surface area contributed by atoms with Crippen molar-refractivity contribution in [3.63, 3.8) is 0 Å². The van der Waals surface area contributed by atoms with Crippen molar-refractivity contribution in [1.29, 1.82) is 0 Å². The van der Waals surface area contributed by atoms with Gasteiger partial charge in [0, 0.05) is 11.1 Å². The van der Waals surface area contributed by atoms with E-state index in [1.54, 1.807) is 6.08 Å². The summed E-state index contributed by atoms with van der Waals surface area (Å²) in [5.41, 5.74) is 3.69. The van der Waals surface area contributed by atoms with E-state index in [9.17, 15) is 0 Å². The first kappa shape index (κ1) is 39.6. The van der Waals surface area contributed by atoms with Gasteiger partial charge in [0.2, 0.25) is 0 Å². The number of benzene rings is 4. The van der Waals surface area contributed by atoms with E-state index in [1.165, 1.54) is 0 Å². The van der Waals surface area contributed by atoms with Crippen LogP contribution in [0.4, 0.5) is 0 Å². The topological polar surface area (TPSA) is 102 Å². The molecule has 0 amide bonds. The van der Waals surface area contributed by atoms with Crippen LogP contribution in [0.2, 0.25) is 0 Å². The molecule has 4 fully saturated rings. The van der Waals surface area contributed by atoms with Crippen molar-refractivity contribution in [3.8, 4) is 12.3 Å². The minimum absolute atomic E-state index is 0.0372. The predicted octanol–water partition coefficient (Wildman–Crippen LogP) is 6.44. The van der Waals surface area contributed by atoms with Crippen molar-refractivity contribution >= 4 is 0 Å². The Morgan fingerprint density at radius 1 is 0.561 bits per heavy atom.